The van der Waals surface area contributed by atoms with Crippen LogP contribution in [0.5, 0.6) is 0 Å². The Morgan fingerprint density at radius 1 is 1.45 bits per heavy atom. The van der Waals surface area contributed by atoms with Crippen molar-refractivity contribution in [3.8, 4) is 6.07 Å². The molecule has 5 nitrogen and oxygen atoms in total. The Morgan fingerprint density at radius 3 is 2.77 bits per heavy atom. The van der Waals surface area contributed by atoms with Gasteiger partial charge in [-0.15, -0.1) is 0 Å². The van der Waals surface area contributed by atoms with E-state index in [0.29, 0.717) is 17.0 Å². The number of aliphatic hydroxyl groups excluding tert-OH is 1. The predicted molar refractivity (Wildman–Crippen MR) is 85.9 cm³/mol. The summed E-state index contributed by atoms with van der Waals surface area (Å²) >= 11 is 0. The van der Waals surface area contributed by atoms with Crippen molar-refractivity contribution >= 4 is 11.5 Å². The number of nitrogens with one attached hydrogen (secondary N) is 1. The topological polar surface area (TPSA) is 76.4 Å². The second kappa shape index (κ2) is 7.92. The number of piperidine rings is 1. The third-order valence-corrected chi connectivity index (χ3v) is 4.25. The molecule has 1 fully saturated rings. The van der Waals surface area contributed by atoms with Crippen LogP contribution >= 0.6 is 0 Å². The first-order chi connectivity index (χ1) is 10.6. The van der Waals surface area contributed by atoms with Crippen LogP contribution in [0.25, 0.3) is 0 Å². The molecule has 0 saturated carbocycles. The van der Waals surface area contributed by atoms with E-state index in [1.807, 2.05) is 0 Å². The lowest BCUT2D eigenvalue weighted by atomic mass is 9.96. The van der Waals surface area contributed by atoms with Gasteiger partial charge < -0.3 is 15.3 Å². The molecular formula is C17H23N3O2. The van der Waals surface area contributed by atoms with E-state index in [1.54, 1.807) is 18.2 Å². The number of anilines is 1. The highest BCUT2D eigenvalue weighted by atomic mass is 16.3. The van der Waals surface area contributed by atoms with Gasteiger partial charge in [-0.05, 0) is 57.0 Å². The maximum atomic E-state index is 11.5. The van der Waals surface area contributed by atoms with Crippen molar-refractivity contribution in [2.45, 2.75) is 19.8 Å². The molecule has 2 N–H and O–H groups in total. The van der Waals surface area contributed by atoms with Crippen LogP contribution in [0.1, 0.15) is 35.7 Å². The predicted octanol–water partition coefficient (Wildman–Crippen LogP) is 1.88. The number of likely N-dealkylation sites (tertiary alicyclic amines) is 1. The van der Waals surface area contributed by atoms with Gasteiger partial charge in [0.1, 0.15) is 6.07 Å². The Kier molecular flexibility index (Phi) is 5.93. The van der Waals surface area contributed by atoms with Crippen molar-refractivity contribution < 1.29 is 9.90 Å². The number of rotatable bonds is 6. The lowest BCUT2D eigenvalue weighted by molar-refractivity contribution is 0.101. The van der Waals surface area contributed by atoms with Crippen molar-refractivity contribution in [2.24, 2.45) is 5.92 Å². The molecule has 118 valence electrons. The smallest absolute Gasteiger partial charge is 0.159 e. The number of β-amino-alcohol motifs (C(OH)–C–C–N with tert-alkyl or cyclic N) is 1. The molecular weight excluding hydrogens is 278 g/mol. The zero-order valence-corrected chi connectivity index (χ0v) is 13.0. The number of carbonyl (C=O) groups is 1. The Bertz CT molecular complexity index is 558. The summed E-state index contributed by atoms with van der Waals surface area (Å²) in [5.74, 6) is 0.562. The maximum Gasteiger partial charge on any atom is 0.159 e. The summed E-state index contributed by atoms with van der Waals surface area (Å²) in [6.45, 7) is 5.31. The number of nitriles is 1. The van der Waals surface area contributed by atoms with Crippen molar-refractivity contribution in [1.29, 1.82) is 5.26 Å². The normalized spacial score (nSPS) is 16.2. The molecule has 0 radical (unpaired) electrons. The standard InChI is InChI=1S/C17H23N3O2/c1-13(22)15-2-3-16(11-18)17(10-15)19-12-14-4-6-20(7-5-14)8-9-21/h2-3,10,14,19,21H,4-9,12H2,1H3. The number of aliphatic hydroxyl groups is 1. The zero-order chi connectivity index (χ0) is 15.9. The van der Waals surface area contributed by atoms with Crippen LogP contribution in [-0.4, -0.2) is 48.6 Å². The van der Waals surface area contributed by atoms with E-state index in [0.717, 1.165) is 44.7 Å². The minimum absolute atomic E-state index is 0.00449. The summed E-state index contributed by atoms with van der Waals surface area (Å²) in [4.78, 5) is 13.7. The fraction of sp³-hybridized carbons (Fsp3) is 0.529. The number of nitrogens with zero attached hydrogens (tertiary/aromatic N) is 2. The SMILES string of the molecule is CC(=O)c1ccc(C#N)c(NCC2CCN(CCO)CC2)c1. The quantitative estimate of drug-likeness (QED) is 0.785. The molecule has 0 spiro atoms. The fourth-order valence-electron chi connectivity index (χ4n) is 2.82. The van der Waals surface area contributed by atoms with Crippen LogP contribution in [0.4, 0.5) is 5.69 Å². The van der Waals surface area contributed by atoms with Crippen LogP contribution in [0.15, 0.2) is 18.2 Å². The molecule has 1 aromatic rings. The summed E-state index contributed by atoms with van der Waals surface area (Å²) in [7, 11) is 0. The van der Waals surface area contributed by atoms with Crippen LogP contribution in [0.3, 0.4) is 0 Å². The van der Waals surface area contributed by atoms with E-state index in [2.05, 4.69) is 16.3 Å². The minimum Gasteiger partial charge on any atom is -0.395 e. The number of Topliss-reactive ketones (excluding diaryl/α,β-unsaturated/α-hetero) is 1. The van der Waals surface area contributed by atoms with E-state index in [9.17, 15) is 10.1 Å². The molecule has 5 heteroatoms. The van der Waals surface area contributed by atoms with Crippen LogP contribution < -0.4 is 5.32 Å². The molecule has 0 bridgehead atoms. The lowest BCUT2D eigenvalue weighted by Crippen LogP contribution is -2.37. The highest BCUT2D eigenvalue weighted by Crippen LogP contribution is 2.21. The highest BCUT2D eigenvalue weighted by molar-refractivity contribution is 5.95. The van der Waals surface area contributed by atoms with Gasteiger partial charge >= 0.3 is 0 Å². The second-order valence-electron chi connectivity index (χ2n) is 5.82. The molecule has 0 unspecified atom stereocenters. The van der Waals surface area contributed by atoms with Crippen LogP contribution in [0, 0.1) is 17.2 Å². The van der Waals surface area contributed by atoms with Gasteiger partial charge in [-0.25, -0.2) is 0 Å². The van der Waals surface area contributed by atoms with Crippen LogP contribution in [0.2, 0.25) is 0 Å². The molecule has 0 atom stereocenters. The molecule has 1 aliphatic heterocycles. The fourth-order valence-corrected chi connectivity index (χ4v) is 2.82. The third-order valence-electron chi connectivity index (χ3n) is 4.25. The first-order valence-corrected chi connectivity index (χ1v) is 7.76. The number of carbonyl (C=O) groups excluding carboxylic acids is 1. The van der Waals surface area contributed by atoms with Crippen molar-refractivity contribution in [3.63, 3.8) is 0 Å². The van der Waals surface area contributed by atoms with Gasteiger partial charge in [0.15, 0.2) is 5.78 Å². The average molecular weight is 301 g/mol. The monoisotopic (exact) mass is 301 g/mol. The van der Waals surface area contributed by atoms with Crippen molar-refractivity contribution in [3.05, 3.63) is 29.3 Å². The van der Waals surface area contributed by atoms with Gasteiger partial charge in [0, 0.05) is 18.7 Å². The van der Waals surface area contributed by atoms with E-state index in [1.165, 1.54) is 6.92 Å². The largest absolute Gasteiger partial charge is 0.395 e. The minimum atomic E-state index is 0.00449. The van der Waals surface area contributed by atoms with Gasteiger partial charge in [0.2, 0.25) is 0 Å². The molecule has 1 heterocycles. The van der Waals surface area contributed by atoms with E-state index < -0.39 is 0 Å². The van der Waals surface area contributed by atoms with Crippen LogP contribution in [-0.2, 0) is 0 Å². The molecule has 0 aliphatic carbocycles. The maximum absolute atomic E-state index is 11.5. The lowest BCUT2D eigenvalue weighted by Gasteiger charge is -2.31. The second-order valence-corrected chi connectivity index (χ2v) is 5.82. The average Bonchev–Trinajstić information content (AvgIpc) is 2.54. The Hall–Kier alpha value is -1.90. The van der Waals surface area contributed by atoms with E-state index in [-0.39, 0.29) is 12.4 Å². The van der Waals surface area contributed by atoms with E-state index in [4.69, 9.17) is 5.11 Å². The third kappa shape index (κ3) is 4.30. The Balaban J connectivity index is 1.93. The summed E-state index contributed by atoms with van der Waals surface area (Å²) in [5, 5.41) is 21.5. The zero-order valence-electron chi connectivity index (χ0n) is 13.0. The molecule has 22 heavy (non-hydrogen) atoms. The van der Waals surface area contributed by atoms with Gasteiger partial charge in [-0.2, -0.15) is 5.26 Å². The Labute approximate surface area is 131 Å². The summed E-state index contributed by atoms with van der Waals surface area (Å²) in [6.07, 6.45) is 2.17. The number of hydrogen-bond donors (Lipinski definition) is 2. The molecule has 1 aliphatic rings. The van der Waals surface area contributed by atoms with Gasteiger partial charge in [0.25, 0.3) is 0 Å². The van der Waals surface area contributed by atoms with Gasteiger partial charge in [-0.1, -0.05) is 0 Å². The number of hydrogen-bond acceptors (Lipinski definition) is 5. The summed E-state index contributed by atoms with van der Waals surface area (Å²) in [5.41, 5.74) is 1.94. The highest BCUT2D eigenvalue weighted by Gasteiger charge is 2.19. The molecule has 0 amide bonds. The first-order valence-electron chi connectivity index (χ1n) is 7.76. The molecule has 1 aromatic carbocycles. The molecule has 2 rings (SSSR count). The molecule has 1 saturated heterocycles. The van der Waals surface area contributed by atoms with Gasteiger partial charge in [-0.3, -0.25) is 4.79 Å². The Morgan fingerprint density at radius 2 is 2.18 bits per heavy atom. The summed E-state index contributed by atoms with van der Waals surface area (Å²) in [6, 6.07) is 7.32. The van der Waals surface area contributed by atoms with Crippen molar-refractivity contribution in [1.82, 2.24) is 4.90 Å². The number of benzene rings is 1. The van der Waals surface area contributed by atoms with Gasteiger partial charge in [0.05, 0.1) is 17.9 Å². The first kappa shape index (κ1) is 16.5. The van der Waals surface area contributed by atoms with Crippen molar-refractivity contribution in [2.75, 3.05) is 38.1 Å². The summed E-state index contributed by atoms with van der Waals surface area (Å²) < 4.78 is 0. The molecule has 0 aromatic heterocycles. The van der Waals surface area contributed by atoms with E-state index >= 15 is 0 Å². The number of ketones is 1.